The highest BCUT2D eigenvalue weighted by Gasteiger charge is 2.04. The molecule has 3 heteroatoms. The van der Waals surface area contributed by atoms with Gasteiger partial charge in [0.2, 0.25) is 0 Å². The van der Waals surface area contributed by atoms with Gasteiger partial charge < -0.3 is 5.73 Å². The van der Waals surface area contributed by atoms with E-state index in [1.807, 2.05) is 30.7 Å². The van der Waals surface area contributed by atoms with E-state index in [9.17, 15) is 0 Å². The first kappa shape index (κ1) is 10.9. The molecule has 0 saturated carbocycles. The van der Waals surface area contributed by atoms with Gasteiger partial charge in [0, 0.05) is 47.8 Å². The molecule has 3 aromatic rings. The number of fused-ring (bicyclic) bond motifs is 1. The fourth-order valence-corrected chi connectivity index (χ4v) is 2.09. The van der Waals surface area contributed by atoms with E-state index in [-0.39, 0.29) is 0 Å². The molecule has 3 rings (SSSR count). The van der Waals surface area contributed by atoms with Gasteiger partial charge in [0.15, 0.2) is 0 Å². The second-order valence-electron chi connectivity index (χ2n) is 4.19. The van der Waals surface area contributed by atoms with E-state index in [2.05, 4.69) is 28.2 Å². The summed E-state index contributed by atoms with van der Waals surface area (Å²) in [5, 5.41) is 2.32. The summed E-state index contributed by atoms with van der Waals surface area (Å²) in [6.45, 7) is 0.499. The Morgan fingerprint density at radius 1 is 0.944 bits per heavy atom. The first-order valence-corrected chi connectivity index (χ1v) is 5.85. The van der Waals surface area contributed by atoms with Gasteiger partial charge >= 0.3 is 0 Å². The van der Waals surface area contributed by atoms with E-state index in [0.29, 0.717) is 6.54 Å². The van der Waals surface area contributed by atoms with Crippen LogP contribution in [0.15, 0.2) is 55.1 Å². The Morgan fingerprint density at radius 3 is 2.67 bits per heavy atom. The average Bonchev–Trinajstić information content (AvgIpc) is 2.47. The molecule has 0 amide bonds. The van der Waals surface area contributed by atoms with E-state index < -0.39 is 0 Å². The number of pyridine rings is 2. The first-order chi connectivity index (χ1) is 8.88. The highest BCUT2D eigenvalue weighted by molar-refractivity contribution is 5.95. The van der Waals surface area contributed by atoms with Gasteiger partial charge in [-0.3, -0.25) is 9.97 Å². The Hall–Kier alpha value is -2.26. The molecule has 0 bridgehead atoms. The van der Waals surface area contributed by atoms with Crippen molar-refractivity contribution in [1.29, 1.82) is 0 Å². The predicted octanol–water partition coefficient (Wildman–Crippen LogP) is 2.76. The van der Waals surface area contributed by atoms with Crippen LogP contribution in [0.4, 0.5) is 0 Å². The van der Waals surface area contributed by atoms with Gasteiger partial charge in [-0.25, -0.2) is 0 Å². The van der Waals surface area contributed by atoms with Crippen molar-refractivity contribution in [2.24, 2.45) is 5.73 Å². The molecule has 88 valence electrons. The minimum absolute atomic E-state index is 0.499. The van der Waals surface area contributed by atoms with Crippen LogP contribution < -0.4 is 5.73 Å². The Labute approximate surface area is 105 Å². The van der Waals surface area contributed by atoms with E-state index in [0.717, 1.165) is 22.1 Å². The van der Waals surface area contributed by atoms with Gasteiger partial charge in [0.05, 0.1) is 0 Å². The maximum atomic E-state index is 5.65. The quantitative estimate of drug-likeness (QED) is 0.743. The van der Waals surface area contributed by atoms with Crippen LogP contribution in [0.2, 0.25) is 0 Å². The summed E-state index contributed by atoms with van der Waals surface area (Å²) < 4.78 is 0. The molecule has 0 atom stereocenters. The zero-order valence-electron chi connectivity index (χ0n) is 9.88. The maximum absolute atomic E-state index is 5.65. The molecule has 0 radical (unpaired) electrons. The molecule has 0 aliphatic rings. The van der Waals surface area contributed by atoms with Crippen LogP contribution in [0.5, 0.6) is 0 Å². The van der Waals surface area contributed by atoms with Crippen molar-refractivity contribution in [3.8, 4) is 11.1 Å². The second-order valence-corrected chi connectivity index (χ2v) is 4.19. The van der Waals surface area contributed by atoms with Crippen LogP contribution in [-0.2, 0) is 6.54 Å². The van der Waals surface area contributed by atoms with Gasteiger partial charge in [0.25, 0.3) is 0 Å². The van der Waals surface area contributed by atoms with E-state index in [4.69, 9.17) is 5.73 Å². The van der Waals surface area contributed by atoms with Gasteiger partial charge in [-0.2, -0.15) is 0 Å². The van der Waals surface area contributed by atoms with Crippen LogP contribution in [0.1, 0.15) is 5.56 Å². The number of hydrogen-bond donors (Lipinski definition) is 1. The zero-order chi connectivity index (χ0) is 12.4. The third kappa shape index (κ3) is 1.85. The van der Waals surface area contributed by atoms with Crippen molar-refractivity contribution in [1.82, 2.24) is 9.97 Å². The van der Waals surface area contributed by atoms with Crippen LogP contribution >= 0.6 is 0 Å². The van der Waals surface area contributed by atoms with Crippen molar-refractivity contribution in [3.05, 3.63) is 60.7 Å². The van der Waals surface area contributed by atoms with E-state index in [1.54, 1.807) is 6.20 Å². The summed E-state index contributed by atoms with van der Waals surface area (Å²) in [7, 11) is 0. The van der Waals surface area contributed by atoms with Crippen molar-refractivity contribution in [2.45, 2.75) is 6.54 Å². The lowest BCUT2D eigenvalue weighted by Crippen LogP contribution is -1.97. The van der Waals surface area contributed by atoms with Crippen molar-refractivity contribution >= 4 is 10.8 Å². The summed E-state index contributed by atoms with van der Waals surface area (Å²) in [4.78, 5) is 8.52. The van der Waals surface area contributed by atoms with Crippen LogP contribution in [0, 0.1) is 0 Å². The highest BCUT2D eigenvalue weighted by Crippen LogP contribution is 2.27. The zero-order valence-corrected chi connectivity index (χ0v) is 9.88. The smallest absolute Gasteiger partial charge is 0.0353 e. The molecular formula is C15H13N3. The molecule has 0 spiro atoms. The van der Waals surface area contributed by atoms with Crippen molar-refractivity contribution in [2.75, 3.05) is 0 Å². The number of nitrogens with two attached hydrogens (primary N) is 1. The molecule has 2 aromatic heterocycles. The molecule has 0 saturated heterocycles. The molecular weight excluding hydrogens is 222 g/mol. The first-order valence-electron chi connectivity index (χ1n) is 5.85. The monoisotopic (exact) mass is 235 g/mol. The third-order valence-corrected chi connectivity index (χ3v) is 3.01. The summed E-state index contributed by atoms with van der Waals surface area (Å²) in [6, 6.07) is 10.3. The molecule has 2 heterocycles. The number of hydrogen-bond acceptors (Lipinski definition) is 3. The lowest BCUT2D eigenvalue weighted by atomic mass is 10.0. The molecule has 0 fully saturated rings. The Morgan fingerprint density at radius 2 is 1.78 bits per heavy atom. The molecule has 0 unspecified atom stereocenters. The van der Waals surface area contributed by atoms with Crippen molar-refractivity contribution in [3.63, 3.8) is 0 Å². The standard InChI is InChI=1S/C15H13N3/c16-6-11-5-13(9-17-7-11)15-10-18-8-12-3-1-2-4-14(12)15/h1-5,7-10H,6,16H2. The summed E-state index contributed by atoms with van der Waals surface area (Å²) in [5.41, 5.74) is 8.83. The Kier molecular flexibility index (Phi) is 2.74. The van der Waals surface area contributed by atoms with Gasteiger partial charge in [-0.05, 0) is 17.0 Å². The van der Waals surface area contributed by atoms with Gasteiger partial charge in [0.1, 0.15) is 0 Å². The fourth-order valence-electron chi connectivity index (χ4n) is 2.09. The van der Waals surface area contributed by atoms with Gasteiger partial charge in [-0.1, -0.05) is 24.3 Å². The Balaban J connectivity index is 2.24. The number of rotatable bonds is 2. The lowest BCUT2D eigenvalue weighted by Gasteiger charge is -2.06. The van der Waals surface area contributed by atoms with Crippen LogP contribution in [-0.4, -0.2) is 9.97 Å². The molecule has 0 aliphatic heterocycles. The Bertz CT molecular complexity index is 687. The summed E-state index contributed by atoms with van der Waals surface area (Å²) >= 11 is 0. The van der Waals surface area contributed by atoms with E-state index >= 15 is 0 Å². The molecule has 3 nitrogen and oxygen atoms in total. The average molecular weight is 235 g/mol. The second kappa shape index (κ2) is 4.55. The lowest BCUT2D eigenvalue weighted by molar-refractivity contribution is 1.05. The molecule has 0 aliphatic carbocycles. The van der Waals surface area contributed by atoms with Gasteiger partial charge in [-0.15, -0.1) is 0 Å². The number of aromatic nitrogens is 2. The van der Waals surface area contributed by atoms with E-state index in [1.165, 1.54) is 5.39 Å². The molecule has 2 N–H and O–H groups in total. The molecule has 1 aromatic carbocycles. The summed E-state index contributed by atoms with van der Waals surface area (Å²) in [5.74, 6) is 0. The highest BCUT2D eigenvalue weighted by atomic mass is 14.7. The normalized spacial score (nSPS) is 10.7. The largest absolute Gasteiger partial charge is 0.326 e. The van der Waals surface area contributed by atoms with Crippen LogP contribution in [0.25, 0.3) is 21.9 Å². The minimum atomic E-state index is 0.499. The van der Waals surface area contributed by atoms with Crippen LogP contribution in [0.3, 0.4) is 0 Å². The minimum Gasteiger partial charge on any atom is -0.326 e. The molecule has 18 heavy (non-hydrogen) atoms. The SMILES string of the molecule is NCc1cncc(-c2cncc3ccccc23)c1. The van der Waals surface area contributed by atoms with Crippen molar-refractivity contribution < 1.29 is 0 Å². The predicted molar refractivity (Wildman–Crippen MR) is 72.9 cm³/mol. The topological polar surface area (TPSA) is 51.8 Å². The number of nitrogens with zero attached hydrogens (tertiary/aromatic N) is 2. The summed E-state index contributed by atoms with van der Waals surface area (Å²) in [6.07, 6.45) is 7.39. The fraction of sp³-hybridized carbons (Fsp3) is 0.0667. The third-order valence-electron chi connectivity index (χ3n) is 3.01. The number of benzene rings is 1. The maximum Gasteiger partial charge on any atom is 0.0353 e.